The maximum absolute atomic E-state index is 13.0. The average molecular weight is 451 g/mol. The molecule has 0 saturated carbocycles. The second-order valence-electron chi connectivity index (χ2n) is 6.32. The van der Waals surface area contributed by atoms with E-state index in [-0.39, 0.29) is 5.78 Å². The molecule has 0 N–H and O–H groups in total. The fraction of sp³-hybridized carbons (Fsp3) is 0.0870. The summed E-state index contributed by atoms with van der Waals surface area (Å²) in [5, 5.41) is 1.02. The van der Waals surface area contributed by atoms with Crippen LogP contribution in [-0.4, -0.2) is 10.4 Å². The summed E-state index contributed by atoms with van der Waals surface area (Å²) >= 11 is 2.25. The summed E-state index contributed by atoms with van der Waals surface area (Å²) < 4.78 is 3.33. The Kier molecular flexibility index (Phi) is 4.89. The van der Waals surface area contributed by atoms with Crippen LogP contribution in [0.5, 0.6) is 0 Å². The third kappa shape index (κ3) is 3.44. The van der Waals surface area contributed by atoms with Crippen molar-refractivity contribution in [3.05, 3.63) is 105 Å². The van der Waals surface area contributed by atoms with E-state index in [0.29, 0.717) is 0 Å². The second-order valence-corrected chi connectivity index (χ2v) is 7.57. The Hall–Kier alpha value is -2.40. The van der Waals surface area contributed by atoms with Crippen LogP contribution in [0, 0.1) is 3.57 Å². The summed E-state index contributed by atoms with van der Waals surface area (Å²) in [7, 11) is 0. The molecule has 0 unspecified atom stereocenters. The van der Waals surface area contributed by atoms with Gasteiger partial charge in [0, 0.05) is 38.3 Å². The molecular weight excluding hydrogens is 433 g/mol. The van der Waals surface area contributed by atoms with Crippen LogP contribution >= 0.6 is 22.6 Å². The Morgan fingerprint density at radius 2 is 1.54 bits per heavy atom. The van der Waals surface area contributed by atoms with Gasteiger partial charge in [0.25, 0.3) is 0 Å². The first-order chi connectivity index (χ1) is 12.7. The number of aromatic nitrogens is 1. The van der Waals surface area contributed by atoms with Crippen molar-refractivity contribution in [3.63, 3.8) is 0 Å². The van der Waals surface area contributed by atoms with Crippen LogP contribution in [0.25, 0.3) is 10.9 Å². The number of fused-ring (bicyclic) bond motifs is 1. The number of hydrogen-bond acceptors (Lipinski definition) is 1. The standard InChI is InChI=1S/C23H18INO/c24-19-12-10-18(11-13-19)23(26)21-16-25(22-9-5-4-8-20(21)22)15-14-17-6-2-1-3-7-17/h1-13,16H,14-15H2. The minimum absolute atomic E-state index is 0.0797. The summed E-state index contributed by atoms with van der Waals surface area (Å²) in [4.78, 5) is 13.0. The minimum atomic E-state index is 0.0797. The molecule has 4 aromatic rings. The van der Waals surface area contributed by atoms with Crippen LogP contribution in [0.3, 0.4) is 0 Å². The summed E-state index contributed by atoms with van der Waals surface area (Å²) in [5.41, 5.74) is 3.92. The highest BCUT2D eigenvalue weighted by atomic mass is 127. The van der Waals surface area contributed by atoms with E-state index in [9.17, 15) is 4.79 Å². The molecular formula is C23H18INO. The summed E-state index contributed by atoms with van der Waals surface area (Å²) in [6.45, 7) is 0.852. The second kappa shape index (κ2) is 7.46. The van der Waals surface area contributed by atoms with Crippen molar-refractivity contribution in [2.45, 2.75) is 13.0 Å². The Morgan fingerprint density at radius 3 is 2.31 bits per heavy atom. The van der Waals surface area contributed by atoms with Crippen LogP contribution in [0.2, 0.25) is 0 Å². The number of halogens is 1. The summed E-state index contributed by atoms with van der Waals surface area (Å²) in [5.74, 6) is 0.0797. The van der Waals surface area contributed by atoms with Gasteiger partial charge < -0.3 is 4.57 Å². The summed E-state index contributed by atoms with van der Waals surface area (Å²) in [6.07, 6.45) is 2.95. The molecule has 128 valence electrons. The van der Waals surface area contributed by atoms with Gasteiger partial charge in [-0.2, -0.15) is 0 Å². The number of hydrogen-bond donors (Lipinski definition) is 0. The van der Waals surface area contributed by atoms with Crippen molar-refractivity contribution in [3.8, 4) is 0 Å². The predicted octanol–water partition coefficient (Wildman–Crippen LogP) is 5.72. The van der Waals surface area contributed by atoms with E-state index in [0.717, 1.165) is 38.6 Å². The van der Waals surface area contributed by atoms with Gasteiger partial charge in [0.1, 0.15) is 0 Å². The lowest BCUT2D eigenvalue weighted by Gasteiger charge is -2.05. The van der Waals surface area contributed by atoms with Crippen molar-refractivity contribution in [1.29, 1.82) is 0 Å². The van der Waals surface area contributed by atoms with Crippen LogP contribution in [0.4, 0.5) is 0 Å². The van der Waals surface area contributed by atoms with Crippen molar-refractivity contribution >= 4 is 39.3 Å². The third-order valence-electron chi connectivity index (χ3n) is 4.62. The monoisotopic (exact) mass is 451 g/mol. The highest BCUT2D eigenvalue weighted by Crippen LogP contribution is 2.24. The Labute approximate surface area is 166 Å². The molecule has 3 heteroatoms. The first-order valence-electron chi connectivity index (χ1n) is 8.64. The zero-order chi connectivity index (χ0) is 17.9. The van der Waals surface area contributed by atoms with Crippen LogP contribution in [-0.2, 0) is 13.0 Å². The fourth-order valence-corrected chi connectivity index (χ4v) is 3.62. The molecule has 0 bridgehead atoms. The highest BCUT2D eigenvalue weighted by Gasteiger charge is 2.16. The van der Waals surface area contributed by atoms with E-state index in [1.807, 2.05) is 54.7 Å². The average Bonchev–Trinajstić information content (AvgIpc) is 3.06. The molecule has 0 fully saturated rings. The zero-order valence-corrected chi connectivity index (χ0v) is 16.4. The Balaban J connectivity index is 1.69. The molecule has 1 aromatic heterocycles. The van der Waals surface area contributed by atoms with Gasteiger partial charge in [0.05, 0.1) is 0 Å². The Bertz CT molecular complexity index is 1050. The van der Waals surface area contributed by atoms with E-state index in [1.54, 1.807) is 0 Å². The number of aryl methyl sites for hydroxylation is 2. The van der Waals surface area contributed by atoms with Crippen molar-refractivity contribution in [2.24, 2.45) is 0 Å². The van der Waals surface area contributed by atoms with Gasteiger partial charge in [0.2, 0.25) is 0 Å². The molecule has 0 spiro atoms. The van der Waals surface area contributed by atoms with Crippen LogP contribution < -0.4 is 0 Å². The van der Waals surface area contributed by atoms with E-state index < -0.39 is 0 Å². The molecule has 0 radical (unpaired) electrons. The topological polar surface area (TPSA) is 22.0 Å². The van der Waals surface area contributed by atoms with Gasteiger partial charge in [-0.15, -0.1) is 0 Å². The van der Waals surface area contributed by atoms with Crippen LogP contribution in [0.15, 0.2) is 85.1 Å². The van der Waals surface area contributed by atoms with E-state index >= 15 is 0 Å². The molecule has 0 atom stereocenters. The first-order valence-corrected chi connectivity index (χ1v) is 9.72. The van der Waals surface area contributed by atoms with Gasteiger partial charge in [-0.3, -0.25) is 4.79 Å². The molecule has 1 heterocycles. The van der Waals surface area contributed by atoms with Crippen molar-refractivity contribution < 1.29 is 4.79 Å². The molecule has 0 aliphatic carbocycles. The molecule has 0 amide bonds. The number of rotatable bonds is 5. The van der Waals surface area contributed by atoms with Crippen LogP contribution in [0.1, 0.15) is 21.5 Å². The number of carbonyl (C=O) groups is 1. The van der Waals surface area contributed by atoms with E-state index in [1.165, 1.54) is 5.56 Å². The number of ketones is 1. The molecule has 0 aliphatic rings. The highest BCUT2D eigenvalue weighted by molar-refractivity contribution is 14.1. The first kappa shape index (κ1) is 17.0. The van der Waals surface area contributed by atoms with Gasteiger partial charge in [0.15, 0.2) is 5.78 Å². The number of benzene rings is 3. The van der Waals surface area contributed by atoms with Crippen molar-refractivity contribution in [1.82, 2.24) is 4.57 Å². The van der Waals surface area contributed by atoms with E-state index in [4.69, 9.17) is 0 Å². The van der Waals surface area contributed by atoms with Crippen molar-refractivity contribution in [2.75, 3.05) is 0 Å². The smallest absolute Gasteiger partial charge is 0.195 e. The number of carbonyl (C=O) groups excluding carboxylic acids is 1. The minimum Gasteiger partial charge on any atom is -0.346 e. The van der Waals surface area contributed by atoms with Gasteiger partial charge in [-0.1, -0.05) is 48.5 Å². The maximum Gasteiger partial charge on any atom is 0.195 e. The predicted molar refractivity (Wildman–Crippen MR) is 115 cm³/mol. The molecule has 0 aliphatic heterocycles. The Morgan fingerprint density at radius 1 is 0.846 bits per heavy atom. The quantitative estimate of drug-likeness (QED) is 0.281. The number of nitrogens with zero attached hydrogens (tertiary/aromatic N) is 1. The molecule has 3 aromatic carbocycles. The molecule has 26 heavy (non-hydrogen) atoms. The molecule has 2 nitrogen and oxygen atoms in total. The third-order valence-corrected chi connectivity index (χ3v) is 5.34. The lowest BCUT2D eigenvalue weighted by Crippen LogP contribution is -2.02. The van der Waals surface area contributed by atoms with Gasteiger partial charge >= 0.3 is 0 Å². The normalized spacial score (nSPS) is 11.0. The molecule has 4 rings (SSSR count). The SMILES string of the molecule is O=C(c1ccc(I)cc1)c1cn(CCc2ccccc2)c2ccccc12. The van der Waals surface area contributed by atoms with E-state index in [2.05, 4.69) is 57.5 Å². The fourth-order valence-electron chi connectivity index (χ4n) is 3.26. The van der Waals surface area contributed by atoms with Gasteiger partial charge in [-0.05, 0) is 64.9 Å². The van der Waals surface area contributed by atoms with Gasteiger partial charge in [-0.25, -0.2) is 0 Å². The molecule has 0 saturated heterocycles. The maximum atomic E-state index is 13.0. The summed E-state index contributed by atoms with van der Waals surface area (Å²) in [6, 6.07) is 26.3. The zero-order valence-electron chi connectivity index (χ0n) is 14.2. The lowest BCUT2D eigenvalue weighted by atomic mass is 10.0. The number of para-hydroxylation sites is 1. The largest absolute Gasteiger partial charge is 0.346 e. The lowest BCUT2D eigenvalue weighted by molar-refractivity contribution is 0.104.